The Kier molecular flexibility index (Phi) is 3.36. The standard InChI is InChI=1S/C13H17BrN2/c1-3-16-8-10(9(2)7-15)13-11(14)5-4-6-12(13)16/h4-6,8-9H,3,7,15H2,1-2H3. The fourth-order valence-corrected chi connectivity index (χ4v) is 2.69. The summed E-state index contributed by atoms with van der Waals surface area (Å²) in [4.78, 5) is 0. The quantitative estimate of drug-likeness (QED) is 0.917. The normalized spacial score (nSPS) is 13.2. The largest absolute Gasteiger partial charge is 0.347 e. The molecule has 0 spiro atoms. The van der Waals surface area contributed by atoms with Gasteiger partial charge < -0.3 is 10.3 Å². The van der Waals surface area contributed by atoms with Crippen molar-refractivity contribution in [2.45, 2.75) is 26.3 Å². The van der Waals surface area contributed by atoms with Gasteiger partial charge in [-0.25, -0.2) is 0 Å². The molecule has 3 heteroatoms. The molecule has 86 valence electrons. The summed E-state index contributed by atoms with van der Waals surface area (Å²) in [6.45, 7) is 6.01. The molecule has 0 aliphatic rings. The van der Waals surface area contributed by atoms with Crippen LogP contribution in [-0.2, 0) is 6.54 Å². The Balaban J connectivity index is 2.74. The van der Waals surface area contributed by atoms with Crippen LogP contribution in [0.5, 0.6) is 0 Å². The van der Waals surface area contributed by atoms with Gasteiger partial charge in [0.2, 0.25) is 0 Å². The van der Waals surface area contributed by atoms with E-state index in [2.05, 4.69) is 58.7 Å². The second kappa shape index (κ2) is 4.60. The van der Waals surface area contributed by atoms with Crippen LogP contribution in [0.1, 0.15) is 25.3 Å². The molecule has 2 N–H and O–H groups in total. The molecule has 1 atom stereocenters. The molecule has 1 heterocycles. The fourth-order valence-electron chi connectivity index (χ4n) is 2.10. The highest BCUT2D eigenvalue weighted by Crippen LogP contribution is 2.32. The molecule has 1 aromatic carbocycles. The van der Waals surface area contributed by atoms with Crippen molar-refractivity contribution in [2.24, 2.45) is 5.73 Å². The molecule has 0 aliphatic heterocycles. The van der Waals surface area contributed by atoms with Gasteiger partial charge in [0.1, 0.15) is 0 Å². The molecule has 0 saturated carbocycles. The summed E-state index contributed by atoms with van der Waals surface area (Å²) in [5.41, 5.74) is 8.40. The van der Waals surface area contributed by atoms with Crippen LogP contribution in [0.15, 0.2) is 28.9 Å². The SMILES string of the molecule is CCn1cc(C(C)CN)c2c(Br)cccc21. The highest BCUT2D eigenvalue weighted by atomic mass is 79.9. The van der Waals surface area contributed by atoms with Crippen LogP contribution in [0.4, 0.5) is 0 Å². The molecule has 0 radical (unpaired) electrons. The highest BCUT2D eigenvalue weighted by Gasteiger charge is 2.14. The van der Waals surface area contributed by atoms with E-state index in [0.717, 1.165) is 11.0 Å². The van der Waals surface area contributed by atoms with Crippen LogP contribution in [-0.4, -0.2) is 11.1 Å². The van der Waals surface area contributed by atoms with Gasteiger partial charge in [-0.2, -0.15) is 0 Å². The molecule has 0 bridgehead atoms. The third-order valence-electron chi connectivity index (χ3n) is 3.11. The lowest BCUT2D eigenvalue weighted by Gasteiger charge is -2.07. The minimum absolute atomic E-state index is 0.397. The van der Waals surface area contributed by atoms with E-state index in [4.69, 9.17) is 5.73 Å². The number of fused-ring (bicyclic) bond motifs is 1. The second-order valence-corrected chi connectivity index (χ2v) is 5.00. The summed E-state index contributed by atoms with van der Waals surface area (Å²) in [6, 6.07) is 6.33. The summed E-state index contributed by atoms with van der Waals surface area (Å²) in [7, 11) is 0. The zero-order chi connectivity index (χ0) is 11.7. The average Bonchev–Trinajstić information content (AvgIpc) is 2.68. The molecule has 16 heavy (non-hydrogen) atoms. The van der Waals surface area contributed by atoms with E-state index in [9.17, 15) is 0 Å². The molecule has 0 fully saturated rings. The third kappa shape index (κ3) is 1.78. The number of hydrogen-bond donors (Lipinski definition) is 1. The number of nitrogens with two attached hydrogens (primary N) is 1. The molecule has 2 rings (SSSR count). The zero-order valence-corrected chi connectivity index (χ0v) is 11.3. The van der Waals surface area contributed by atoms with Gasteiger partial charge in [0.25, 0.3) is 0 Å². The third-order valence-corrected chi connectivity index (χ3v) is 3.77. The molecular weight excluding hydrogens is 264 g/mol. The lowest BCUT2D eigenvalue weighted by atomic mass is 10.0. The molecule has 2 nitrogen and oxygen atoms in total. The van der Waals surface area contributed by atoms with Crippen LogP contribution in [0, 0.1) is 0 Å². The Bertz CT molecular complexity index is 502. The van der Waals surface area contributed by atoms with E-state index in [1.165, 1.54) is 16.5 Å². The van der Waals surface area contributed by atoms with Crippen molar-refractivity contribution in [1.82, 2.24) is 4.57 Å². The van der Waals surface area contributed by atoms with Gasteiger partial charge in [0.05, 0.1) is 0 Å². The van der Waals surface area contributed by atoms with Crippen molar-refractivity contribution in [3.63, 3.8) is 0 Å². The van der Waals surface area contributed by atoms with Crippen LogP contribution in [0.2, 0.25) is 0 Å². The fraction of sp³-hybridized carbons (Fsp3) is 0.385. The maximum Gasteiger partial charge on any atom is 0.0494 e. The minimum Gasteiger partial charge on any atom is -0.347 e. The Morgan fingerprint density at radius 2 is 2.19 bits per heavy atom. The molecule has 0 saturated heterocycles. The first-order valence-corrected chi connectivity index (χ1v) is 6.45. The first kappa shape index (κ1) is 11.7. The highest BCUT2D eigenvalue weighted by molar-refractivity contribution is 9.10. The monoisotopic (exact) mass is 280 g/mol. The molecule has 1 unspecified atom stereocenters. The maximum absolute atomic E-state index is 5.77. The van der Waals surface area contributed by atoms with Crippen molar-refractivity contribution in [1.29, 1.82) is 0 Å². The van der Waals surface area contributed by atoms with Crippen LogP contribution in [0.25, 0.3) is 10.9 Å². The van der Waals surface area contributed by atoms with Gasteiger partial charge in [-0.05, 0) is 37.1 Å². The van der Waals surface area contributed by atoms with Crippen LogP contribution < -0.4 is 5.73 Å². The van der Waals surface area contributed by atoms with Crippen molar-refractivity contribution >= 4 is 26.8 Å². The van der Waals surface area contributed by atoms with Gasteiger partial charge in [-0.15, -0.1) is 0 Å². The lowest BCUT2D eigenvalue weighted by molar-refractivity contribution is 0.752. The molecule has 0 amide bonds. The van der Waals surface area contributed by atoms with E-state index in [1.807, 2.05) is 0 Å². The molecule has 0 aliphatic carbocycles. The first-order chi connectivity index (χ1) is 7.69. The Morgan fingerprint density at radius 3 is 2.81 bits per heavy atom. The maximum atomic E-state index is 5.77. The average molecular weight is 281 g/mol. The van der Waals surface area contributed by atoms with E-state index in [-0.39, 0.29) is 0 Å². The van der Waals surface area contributed by atoms with Crippen molar-refractivity contribution in [2.75, 3.05) is 6.54 Å². The molecular formula is C13H17BrN2. The predicted octanol–water partition coefficient (Wildman–Crippen LogP) is 3.49. The summed E-state index contributed by atoms with van der Waals surface area (Å²) in [5, 5.41) is 1.31. The second-order valence-electron chi connectivity index (χ2n) is 4.14. The lowest BCUT2D eigenvalue weighted by Crippen LogP contribution is -2.08. The van der Waals surface area contributed by atoms with E-state index in [1.54, 1.807) is 0 Å². The summed E-state index contributed by atoms with van der Waals surface area (Å²) >= 11 is 3.63. The summed E-state index contributed by atoms with van der Waals surface area (Å²) in [5.74, 6) is 0.397. The van der Waals surface area contributed by atoms with Crippen LogP contribution >= 0.6 is 15.9 Å². The Hall–Kier alpha value is -0.800. The predicted molar refractivity (Wildman–Crippen MR) is 72.8 cm³/mol. The van der Waals surface area contributed by atoms with Gasteiger partial charge in [0, 0.05) is 28.1 Å². The summed E-state index contributed by atoms with van der Waals surface area (Å²) in [6.07, 6.45) is 2.23. The van der Waals surface area contributed by atoms with E-state index in [0.29, 0.717) is 12.5 Å². The Labute approximate surface area is 105 Å². The van der Waals surface area contributed by atoms with Crippen molar-refractivity contribution in [3.8, 4) is 0 Å². The molecule has 1 aromatic heterocycles. The Morgan fingerprint density at radius 1 is 1.44 bits per heavy atom. The summed E-state index contributed by atoms with van der Waals surface area (Å²) < 4.78 is 3.44. The number of benzene rings is 1. The minimum atomic E-state index is 0.397. The first-order valence-electron chi connectivity index (χ1n) is 5.66. The number of halogens is 1. The van der Waals surface area contributed by atoms with Gasteiger partial charge in [-0.3, -0.25) is 0 Å². The van der Waals surface area contributed by atoms with Gasteiger partial charge >= 0.3 is 0 Å². The van der Waals surface area contributed by atoms with E-state index < -0.39 is 0 Å². The van der Waals surface area contributed by atoms with Crippen molar-refractivity contribution in [3.05, 3.63) is 34.4 Å². The van der Waals surface area contributed by atoms with E-state index >= 15 is 0 Å². The zero-order valence-electron chi connectivity index (χ0n) is 9.70. The number of aryl methyl sites for hydroxylation is 1. The number of aromatic nitrogens is 1. The van der Waals surface area contributed by atoms with Gasteiger partial charge in [-0.1, -0.05) is 28.9 Å². The number of hydrogen-bond acceptors (Lipinski definition) is 1. The topological polar surface area (TPSA) is 30.9 Å². The number of nitrogens with zero attached hydrogens (tertiary/aromatic N) is 1. The van der Waals surface area contributed by atoms with Crippen molar-refractivity contribution < 1.29 is 0 Å². The smallest absolute Gasteiger partial charge is 0.0494 e. The number of rotatable bonds is 3. The van der Waals surface area contributed by atoms with Crippen LogP contribution in [0.3, 0.4) is 0 Å². The van der Waals surface area contributed by atoms with Gasteiger partial charge in [0.15, 0.2) is 0 Å². The molecule has 2 aromatic rings.